The number of hydrogen-bond acceptors (Lipinski definition) is 5. The van der Waals surface area contributed by atoms with Gasteiger partial charge in [-0.25, -0.2) is 0 Å². The van der Waals surface area contributed by atoms with E-state index in [9.17, 15) is 0 Å². The van der Waals surface area contributed by atoms with E-state index in [0.717, 1.165) is 35.7 Å². The highest BCUT2D eigenvalue weighted by atomic mass is 15.2. The second-order valence-electron chi connectivity index (χ2n) is 4.74. The lowest BCUT2D eigenvalue weighted by Gasteiger charge is -2.09. The Hall–Kier alpha value is -1.85. The standard InChI is InChI=1S/C12H20N6/c1-8(2)5-4-6-14-10-9-7-15-18-11(9)17-12(13-3)16-10/h7-8H,4-6H2,1-3H3,(H3,13,14,15,16,17,18). The Morgan fingerprint density at radius 2 is 2.17 bits per heavy atom. The summed E-state index contributed by atoms with van der Waals surface area (Å²) in [5, 5.41) is 14.1. The summed E-state index contributed by atoms with van der Waals surface area (Å²) in [6.07, 6.45) is 4.10. The molecule has 0 aromatic carbocycles. The highest BCUT2D eigenvalue weighted by molar-refractivity contribution is 5.86. The summed E-state index contributed by atoms with van der Waals surface area (Å²) < 4.78 is 0. The molecule has 0 aliphatic rings. The van der Waals surface area contributed by atoms with Crippen molar-refractivity contribution in [3.05, 3.63) is 6.20 Å². The molecule has 0 atom stereocenters. The van der Waals surface area contributed by atoms with Crippen LogP contribution in [0.1, 0.15) is 26.7 Å². The normalized spacial score (nSPS) is 11.1. The van der Waals surface area contributed by atoms with Gasteiger partial charge in [0.25, 0.3) is 0 Å². The molecule has 0 unspecified atom stereocenters. The first-order valence-corrected chi connectivity index (χ1v) is 6.33. The fourth-order valence-corrected chi connectivity index (χ4v) is 1.80. The Morgan fingerprint density at radius 1 is 1.33 bits per heavy atom. The van der Waals surface area contributed by atoms with Crippen molar-refractivity contribution >= 4 is 22.8 Å². The van der Waals surface area contributed by atoms with Crippen LogP contribution in [-0.2, 0) is 0 Å². The molecule has 6 heteroatoms. The third kappa shape index (κ3) is 2.88. The summed E-state index contributed by atoms with van der Waals surface area (Å²) in [5.41, 5.74) is 0.751. The first-order chi connectivity index (χ1) is 8.70. The van der Waals surface area contributed by atoms with Crippen molar-refractivity contribution in [3.8, 4) is 0 Å². The van der Waals surface area contributed by atoms with Crippen molar-refractivity contribution in [2.45, 2.75) is 26.7 Å². The summed E-state index contributed by atoms with van der Waals surface area (Å²) in [6, 6.07) is 0. The minimum absolute atomic E-state index is 0.595. The summed E-state index contributed by atoms with van der Waals surface area (Å²) in [6.45, 7) is 5.38. The van der Waals surface area contributed by atoms with Gasteiger partial charge in [-0.05, 0) is 18.8 Å². The molecule has 98 valence electrons. The van der Waals surface area contributed by atoms with E-state index in [1.165, 1.54) is 6.42 Å². The van der Waals surface area contributed by atoms with Crippen molar-refractivity contribution in [1.82, 2.24) is 20.2 Å². The number of aromatic nitrogens is 4. The Labute approximate surface area is 107 Å². The molecule has 0 spiro atoms. The molecule has 0 fully saturated rings. The molecular weight excluding hydrogens is 228 g/mol. The van der Waals surface area contributed by atoms with E-state index in [1.807, 2.05) is 0 Å². The average Bonchev–Trinajstić information content (AvgIpc) is 2.82. The molecule has 3 N–H and O–H groups in total. The Balaban J connectivity index is 2.08. The maximum absolute atomic E-state index is 4.41. The van der Waals surface area contributed by atoms with E-state index in [1.54, 1.807) is 13.2 Å². The predicted octanol–water partition coefficient (Wildman–Crippen LogP) is 2.24. The smallest absolute Gasteiger partial charge is 0.226 e. The quantitative estimate of drug-likeness (QED) is 0.683. The molecule has 0 aliphatic carbocycles. The van der Waals surface area contributed by atoms with Crippen molar-refractivity contribution in [1.29, 1.82) is 0 Å². The molecule has 0 amide bonds. The monoisotopic (exact) mass is 248 g/mol. The largest absolute Gasteiger partial charge is 0.369 e. The Kier molecular flexibility index (Phi) is 3.96. The first-order valence-electron chi connectivity index (χ1n) is 6.33. The number of hydrogen-bond donors (Lipinski definition) is 3. The fraction of sp³-hybridized carbons (Fsp3) is 0.583. The summed E-state index contributed by atoms with van der Waals surface area (Å²) >= 11 is 0. The Morgan fingerprint density at radius 3 is 2.89 bits per heavy atom. The van der Waals surface area contributed by atoms with Crippen LogP contribution in [-0.4, -0.2) is 33.8 Å². The number of H-pyrrole nitrogens is 1. The molecule has 18 heavy (non-hydrogen) atoms. The molecule has 0 saturated carbocycles. The SMILES string of the molecule is CNc1nc(NCCCC(C)C)c2cn[nH]c2n1. The van der Waals surface area contributed by atoms with E-state index >= 15 is 0 Å². The molecule has 0 radical (unpaired) electrons. The lowest BCUT2D eigenvalue weighted by molar-refractivity contribution is 0.567. The first kappa shape index (κ1) is 12.6. The molecule has 2 aromatic heterocycles. The van der Waals surface area contributed by atoms with Crippen LogP contribution in [0.4, 0.5) is 11.8 Å². The van der Waals surface area contributed by atoms with E-state index in [4.69, 9.17) is 0 Å². The molecule has 0 aliphatic heterocycles. The second-order valence-corrected chi connectivity index (χ2v) is 4.74. The topological polar surface area (TPSA) is 78.5 Å². The van der Waals surface area contributed by atoms with Gasteiger partial charge in [0.1, 0.15) is 5.82 Å². The van der Waals surface area contributed by atoms with Gasteiger partial charge in [-0.15, -0.1) is 0 Å². The number of rotatable bonds is 6. The molecule has 2 aromatic rings. The van der Waals surface area contributed by atoms with Crippen LogP contribution < -0.4 is 10.6 Å². The third-order valence-corrected chi connectivity index (χ3v) is 2.78. The minimum Gasteiger partial charge on any atom is -0.369 e. The van der Waals surface area contributed by atoms with Gasteiger partial charge in [-0.1, -0.05) is 13.8 Å². The number of nitrogens with one attached hydrogen (secondary N) is 3. The van der Waals surface area contributed by atoms with Crippen LogP contribution in [0.5, 0.6) is 0 Å². The van der Waals surface area contributed by atoms with Gasteiger partial charge in [-0.3, -0.25) is 5.10 Å². The number of nitrogens with zero attached hydrogens (tertiary/aromatic N) is 3. The van der Waals surface area contributed by atoms with E-state index < -0.39 is 0 Å². The van der Waals surface area contributed by atoms with Gasteiger partial charge in [0.05, 0.1) is 11.6 Å². The summed E-state index contributed by atoms with van der Waals surface area (Å²) in [5.74, 6) is 2.17. The summed E-state index contributed by atoms with van der Waals surface area (Å²) in [4.78, 5) is 8.71. The van der Waals surface area contributed by atoms with E-state index in [2.05, 4.69) is 44.6 Å². The lowest BCUT2D eigenvalue weighted by Crippen LogP contribution is -2.07. The molecule has 0 saturated heterocycles. The third-order valence-electron chi connectivity index (χ3n) is 2.78. The van der Waals surface area contributed by atoms with Crippen LogP contribution in [0.25, 0.3) is 11.0 Å². The molecule has 0 bridgehead atoms. The zero-order chi connectivity index (χ0) is 13.0. The van der Waals surface area contributed by atoms with Crippen molar-refractivity contribution in [2.24, 2.45) is 5.92 Å². The lowest BCUT2D eigenvalue weighted by atomic mass is 10.1. The van der Waals surface area contributed by atoms with Crippen LogP contribution in [0, 0.1) is 5.92 Å². The van der Waals surface area contributed by atoms with Crippen LogP contribution >= 0.6 is 0 Å². The van der Waals surface area contributed by atoms with Crippen molar-refractivity contribution < 1.29 is 0 Å². The van der Waals surface area contributed by atoms with Gasteiger partial charge in [0.15, 0.2) is 5.65 Å². The second kappa shape index (κ2) is 5.66. The van der Waals surface area contributed by atoms with Crippen LogP contribution in [0.15, 0.2) is 6.20 Å². The molecular formula is C12H20N6. The zero-order valence-corrected chi connectivity index (χ0v) is 11.1. The van der Waals surface area contributed by atoms with Crippen LogP contribution in [0.3, 0.4) is 0 Å². The number of fused-ring (bicyclic) bond motifs is 1. The zero-order valence-electron chi connectivity index (χ0n) is 11.1. The van der Waals surface area contributed by atoms with E-state index in [-0.39, 0.29) is 0 Å². The van der Waals surface area contributed by atoms with Gasteiger partial charge >= 0.3 is 0 Å². The van der Waals surface area contributed by atoms with Gasteiger partial charge in [-0.2, -0.15) is 15.1 Å². The highest BCUT2D eigenvalue weighted by Crippen LogP contribution is 2.19. The van der Waals surface area contributed by atoms with Gasteiger partial charge in [0.2, 0.25) is 5.95 Å². The molecule has 6 nitrogen and oxygen atoms in total. The van der Waals surface area contributed by atoms with Crippen molar-refractivity contribution in [3.63, 3.8) is 0 Å². The minimum atomic E-state index is 0.595. The number of anilines is 2. The van der Waals surface area contributed by atoms with E-state index in [0.29, 0.717) is 5.95 Å². The Bertz CT molecular complexity index is 504. The number of aromatic amines is 1. The predicted molar refractivity (Wildman–Crippen MR) is 73.8 cm³/mol. The maximum atomic E-state index is 4.41. The summed E-state index contributed by atoms with van der Waals surface area (Å²) in [7, 11) is 1.81. The van der Waals surface area contributed by atoms with Gasteiger partial charge in [0, 0.05) is 13.6 Å². The fourth-order valence-electron chi connectivity index (χ4n) is 1.80. The molecule has 2 rings (SSSR count). The van der Waals surface area contributed by atoms with Gasteiger partial charge < -0.3 is 10.6 Å². The molecule has 2 heterocycles. The van der Waals surface area contributed by atoms with Crippen molar-refractivity contribution in [2.75, 3.05) is 24.2 Å². The average molecular weight is 248 g/mol. The maximum Gasteiger partial charge on any atom is 0.226 e. The van der Waals surface area contributed by atoms with Crippen LogP contribution in [0.2, 0.25) is 0 Å². The highest BCUT2D eigenvalue weighted by Gasteiger charge is 2.08.